The summed E-state index contributed by atoms with van der Waals surface area (Å²) in [6.07, 6.45) is 3.15. The van der Waals surface area contributed by atoms with E-state index in [0.29, 0.717) is 29.6 Å². The van der Waals surface area contributed by atoms with E-state index in [9.17, 15) is 13.2 Å². The van der Waals surface area contributed by atoms with Gasteiger partial charge in [-0.25, -0.2) is 8.42 Å². The standard InChI is InChI=1S/C33H43N3O3S/c1-24(2)23-34-32(37)30-22-28(35-40(38,39)29-14-11-27(12-15-29)33(3,4)5)13-16-31(30)36-19-17-26(18-20-36)21-25-9-7-6-8-10-25/h6-16,22,24,26,35H,17-21,23H2,1-5H3,(H,34,37). The van der Waals surface area contributed by atoms with Crippen molar-refractivity contribution in [3.8, 4) is 0 Å². The molecule has 3 aromatic carbocycles. The van der Waals surface area contributed by atoms with Crippen LogP contribution in [-0.2, 0) is 21.9 Å². The van der Waals surface area contributed by atoms with Crippen molar-refractivity contribution < 1.29 is 13.2 Å². The number of benzene rings is 3. The number of nitrogens with zero attached hydrogens (tertiary/aromatic N) is 1. The maximum atomic E-state index is 13.3. The highest BCUT2D eigenvalue weighted by molar-refractivity contribution is 7.92. The lowest BCUT2D eigenvalue weighted by Crippen LogP contribution is -2.36. The molecule has 0 atom stereocenters. The maximum Gasteiger partial charge on any atom is 0.261 e. The number of hydrogen-bond donors (Lipinski definition) is 2. The molecular weight excluding hydrogens is 518 g/mol. The number of sulfonamides is 1. The SMILES string of the molecule is CC(C)CNC(=O)c1cc(NS(=O)(=O)c2ccc(C(C)(C)C)cc2)ccc1N1CCC(Cc2ccccc2)CC1. The second-order valence-corrected chi connectivity index (χ2v) is 14.0. The lowest BCUT2D eigenvalue weighted by molar-refractivity contribution is 0.0949. The van der Waals surface area contributed by atoms with Gasteiger partial charge in [0.05, 0.1) is 10.5 Å². The van der Waals surface area contributed by atoms with Crippen molar-refractivity contribution in [2.24, 2.45) is 11.8 Å². The Morgan fingerprint density at radius 2 is 1.60 bits per heavy atom. The lowest BCUT2D eigenvalue weighted by Gasteiger charge is -2.35. The fourth-order valence-electron chi connectivity index (χ4n) is 5.12. The molecule has 2 N–H and O–H groups in total. The van der Waals surface area contributed by atoms with Gasteiger partial charge in [-0.05, 0) is 78.0 Å². The third-order valence-corrected chi connectivity index (χ3v) is 8.91. The highest BCUT2D eigenvalue weighted by atomic mass is 32.2. The summed E-state index contributed by atoms with van der Waals surface area (Å²) in [4.78, 5) is 15.8. The zero-order chi connectivity index (χ0) is 28.9. The first-order chi connectivity index (χ1) is 18.9. The number of piperidine rings is 1. The molecule has 1 amide bonds. The molecule has 7 heteroatoms. The molecule has 6 nitrogen and oxygen atoms in total. The Morgan fingerprint density at radius 3 is 2.20 bits per heavy atom. The molecule has 40 heavy (non-hydrogen) atoms. The summed E-state index contributed by atoms with van der Waals surface area (Å²) in [5.74, 6) is 0.720. The van der Waals surface area contributed by atoms with Gasteiger partial charge in [-0.15, -0.1) is 0 Å². The van der Waals surface area contributed by atoms with E-state index >= 15 is 0 Å². The van der Waals surface area contributed by atoms with Crippen LogP contribution in [0.2, 0.25) is 0 Å². The third-order valence-electron chi connectivity index (χ3n) is 7.52. The van der Waals surface area contributed by atoms with Crippen LogP contribution in [0.5, 0.6) is 0 Å². The number of amides is 1. The zero-order valence-electron chi connectivity index (χ0n) is 24.4. The Hall–Kier alpha value is -3.32. The van der Waals surface area contributed by atoms with Gasteiger partial charge in [0.25, 0.3) is 15.9 Å². The van der Waals surface area contributed by atoms with Gasteiger partial charge in [-0.3, -0.25) is 9.52 Å². The molecule has 0 bridgehead atoms. The van der Waals surface area contributed by atoms with Gasteiger partial charge >= 0.3 is 0 Å². The molecule has 1 fully saturated rings. The molecule has 0 radical (unpaired) electrons. The molecule has 0 aliphatic carbocycles. The summed E-state index contributed by atoms with van der Waals surface area (Å²) in [7, 11) is -3.81. The molecule has 0 spiro atoms. The van der Waals surface area contributed by atoms with Gasteiger partial charge in [0.15, 0.2) is 0 Å². The van der Waals surface area contributed by atoms with Crippen molar-refractivity contribution in [2.45, 2.75) is 64.2 Å². The van der Waals surface area contributed by atoms with Crippen LogP contribution in [0.1, 0.15) is 68.9 Å². The molecule has 1 aliphatic heterocycles. The second-order valence-electron chi connectivity index (χ2n) is 12.3. The average Bonchev–Trinajstić information content (AvgIpc) is 2.92. The van der Waals surface area contributed by atoms with Gasteiger partial charge < -0.3 is 10.2 Å². The Balaban J connectivity index is 1.53. The number of hydrogen-bond acceptors (Lipinski definition) is 4. The summed E-state index contributed by atoms with van der Waals surface area (Å²) in [5, 5.41) is 3.02. The van der Waals surface area contributed by atoms with Crippen molar-refractivity contribution in [2.75, 3.05) is 29.3 Å². The smallest absolute Gasteiger partial charge is 0.261 e. The van der Waals surface area contributed by atoms with Crippen LogP contribution < -0.4 is 14.9 Å². The predicted octanol–water partition coefficient (Wildman–Crippen LogP) is 6.63. The molecular formula is C33H43N3O3S. The molecule has 1 heterocycles. The molecule has 1 aliphatic rings. The predicted molar refractivity (Wildman–Crippen MR) is 165 cm³/mol. The van der Waals surface area contributed by atoms with Gasteiger partial charge in [-0.2, -0.15) is 0 Å². The van der Waals surface area contributed by atoms with Crippen LogP contribution in [-0.4, -0.2) is 34.0 Å². The monoisotopic (exact) mass is 561 g/mol. The van der Waals surface area contributed by atoms with Gasteiger partial charge in [0.1, 0.15) is 0 Å². The van der Waals surface area contributed by atoms with E-state index in [2.05, 4.69) is 60.0 Å². The molecule has 0 unspecified atom stereocenters. The third kappa shape index (κ3) is 7.66. The highest BCUT2D eigenvalue weighted by Crippen LogP contribution is 2.31. The summed E-state index contributed by atoms with van der Waals surface area (Å²) in [6, 6.07) is 22.9. The molecule has 3 aromatic rings. The fraction of sp³-hybridized carbons (Fsp3) is 0.424. The van der Waals surface area contributed by atoms with Crippen LogP contribution in [0, 0.1) is 11.8 Å². The number of carbonyl (C=O) groups is 1. The van der Waals surface area contributed by atoms with E-state index in [-0.39, 0.29) is 16.2 Å². The average molecular weight is 562 g/mol. The first-order valence-electron chi connectivity index (χ1n) is 14.3. The van der Waals surface area contributed by atoms with Gasteiger partial charge in [0, 0.05) is 31.0 Å². The second kappa shape index (κ2) is 12.5. The largest absolute Gasteiger partial charge is 0.371 e. The van der Waals surface area contributed by atoms with Crippen molar-refractivity contribution >= 4 is 27.3 Å². The molecule has 1 saturated heterocycles. The van der Waals surface area contributed by atoms with Crippen LogP contribution >= 0.6 is 0 Å². The van der Waals surface area contributed by atoms with Crippen molar-refractivity contribution in [1.29, 1.82) is 0 Å². The molecule has 214 valence electrons. The topological polar surface area (TPSA) is 78.5 Å². The summed E-state index contributed by atoms with van der Waals surface area (Å²) in [5.41, 5.74) is 4.06. The van der Waals surface area contributed by atoms with Crippen LogP contribution in [0.15, 0.2) is 77.7 Å². The van der Waals surface area contributed by atoms with E-state index in [1.54, 1.807) is 24.3 Å². The van der Waals surface area contributed by atoms with Crippen LogP contribution in [0.4, 0.5) is 11.4 Å². The van der Waals surface area contributed by atoms with E-state index < -0.39 is 10.0 Å². The Labute approximate surface area is 240 Å². The first-order valence-corrected chi connectivity index (χ1v) is 15.7. The summed E-state index contributed by atoms with van der Waals surface area (Å²) >= 11 is 0. The van der Waals surface area contributed by atoms with Crippen molar-refractivity contribution in [3.63, 3.8) is 0 Å². The Kier molecular flexibility index (Phi) is 9.24. The quantitative estimate of drug-likeness (QED) is 0.307. The number of rotatable bonds is 9. The minimum absolute atomic E-state index is 0.0696. The minimum atomic E-state index is -3.81. The molecule has 0 saturated carbocycles. The van der Waals surface area contributed by atoms with Crippen LogP contribution in [0.25, 0.3) is 0 Å². The van der Waals surface area contributed by atoms with E-state index in [1.165, 1.54) is 5.56 Å². The van der Waals surface area contributed by atoms with Crippen molar-refractivity contribution in [1.82, 2.24) is 5.32 Å². The summed E-state index contributed by atoms with van der Waals surface area (Å²) < 4.78 is 29.1. The number of nitrogens with one attached hydrogen (secondary N) is 2. The summed E-state index contributed by atoms with van der Waals surface area (Å²) in [6.45, 7) is 12.6. The van der Waals surface area contributed by atoms with Crippen LogP contribution in [0.3, 0.4) is 0 Å². The van der Waals surface area contributed by atoms with Crippen molar-refractivity contribution in [3.05, 3.63) is 89.5 Å². The fourth-order valence-corrected chi connectivity index (χ4v) is 6.17. The van der Waals surface area contributed by atoms with E-state index in [0.717, 1.165) is 43.6 Å². The number of anilines is 2. The highest BCUT2D eigenvalue weighted by Gasteiger charge is 2.25. The van der Waals surface area contributed by atoms with E-state index in [4.69, 9.17) is 0 Å². The number of carbonyl (C=O) groups excluding carboxylic acids is 1. The Morgan fingerprint density at radius 1 is 0.950 bits per heavy atom. The molecule has 0 aromatic heterocycles. The lowest BCUT2D eigenvalue weighted by atomic mass is 9.87. The maximum absolute atomic E-state index is 13.3. The van der Waals surface area contributed by atoms with E-state index in [1.807, 2.05) is 38.1 Å². The first kappa shape index (κ1) is 29.7. The normalized spacial score (nSPS) is 14.8. The van der Waals surface area contributed by atoms with Gasteiger partial charge in [-0.1, -0.05) is 77.1 Å². The minimum Gasteiger partial charge on any atom is -0.371 e. The Bertz CT molecular complexity index is 1390. The van der Waals surface area contributed by atoms with Gasteiger partial charge in [0.2, 0.25) is 0 Å². The zero-order valence-corrected chi connectivity index (χ0v) is 25.2. The molecule has 4 rings (SSSR count).